The van der Waals surface area contributed by atoms with Crippen LogP contribution in [0.25, 0.3) is 0 Å². The molecule has 3 amide bonds. The topological polar surface area (TPSA) is 99.2 Å². The second-order valence-corrected chi connectivity index (χ2v) is 8.37. The number of aliphatic hydroxyl groups is 1. The number of ether oxygens (including phenoxy) is 1. The lowest BCUT2D eigenvalue weighted by molar-refractivity contribution is -0.156. The van der Waals surface area contributed by atoms with E-state index in [0.29, 0.717) is 24.1 Å². The van der Waals surface area contributed by atoms with Crippen LogP contribution in [-0.2, 0) is 16.1 Å². The molecule has 8 nitrogen and oxygen atoms in total. The lowest BCUT2D eigenvalue weighted by Crippen LogP contribution is -2.54. The molecule has 2 N–H and O–H groups in total. The minimum atomic E-state index is -0.720. The Morgan fingerprint density at radius 1 is 1.14 bits per heavy atom. The lowest BCUT2D eigenvalue weighted by atomic mass is 10.0. The van der Waals surface area contributed by atoms with Gasteiger partial charge in [0.1, 0.15) is 24.6 Å². The van der Waals surface area contributed by atoms with Gasteiger partial charge in [0.15, 0.2) is 0 Å². The number of hydrogen-bond donors (Lipinski definition) is 2. The van der Waals surface area contributed by atoms with Crippen LogP contribution in [0.15, 0.2) is 18.2 Å². The predicted octanol–water partition coefficient (Wildman–Crippen LogP) is 0.629. The molecular weight excluding hydrogens is 374 g/mol. The number of hydrogen-bond acceptors (Lipinski definition) is 6. The van der Waals surface area contributed by atoms with E-state index in [9.17, 15) is 19.5 Å². The summed E-state index contributed by atoms with van der Waals surface area (Å²) in [6.45, 7) is 0.703. The normalized spacial score (nSPS) is 31.4. The van der Waals surface area contributed by atoms with E-state index in [2.05, 4.69) is 5.32 Å². The summed E-state index contributed by atoms with van der Waals surface area (Å²) in [5, 5.41) is 12.9. The van der Waals surface area contributed by atoms with Gasteiger partial charge in [0, 0.05) is 24.6 Å². The number of nitrogens with zero attached hydrogens (tertiary/aromatic N) is 2. The van der Waals surface area contributed by atoms with Crippen LogP contribution in [0, 0.1) is 5.92 Å². The Bertz CT molecular complexity index is 872. The van der Waals surface area contributed by atoms with Gasteiger partial charge in [-0.2, -0.15) is 0 Å². The van der Waals surface area contributed by atoms with Crippen molar-refractivity contribution in [2.24, 2.45) is 5.92 Å². The maximum Gasteiger partial charge on any atom is 0.255 e. The van der Waals surface area contributed by atoms with Crippen molar-refractivity contribution in [3.05, 3.63) is 29.3 Å². The minimum Gasteiger partial charge on any atom is -0.489 e. The molecule has 1 unspecified atom stereocenters. The molecule has 5 rings (SSSR count). The van der Waals surface area contributed by atoms with E-state index < -0.39 is 24.6 Å². The first kappa shape index (κ1) is 18.6. The molecular formula is C21H25N3O5. The summed E-state index contributed by atoms with van der Waals surface area (Å²) in [7, 11) is 0. The van der Waals surface area contributed by atoms with Gasteiger partial charge in [-0.1, -0.05) is 0 Å². The summed E-state index contributed by atoms with van der Waals surface area (Å²) in [6, 6.07) is 5.18. The third kappa shape index (κ3) is 3.02. The van der Waals surface area contributed by atoms with Crippen LogP contribution >= 0.6 is 0 Å². The van der Waals surface area contributed by atoms with Gasteiger partial charge in [0.2, 0.25) is 5.91 Å². The van der Waals surface area contributed by atoms with Crippen molar-refractivity contribution < 1.29 is 24.2 Å². The number of rotatable bonds is 4. The number of piperidine rings is 1. The van der Waals surface area contributed by atoms with Crippen molar-refractivity contribution in [3.8, 4) is 5.75 Å². The van der Waals surface area contributed by atoms with Crippen LogP contribution in [0.1, 0.15) is 48.0 Å². The average Bonchev–Trinajstić information content (AvgIpc) is 3.39. The van der Waals surface area contributed by atoms with E-state index in [0.717, 1.165) is 29.2 Å². The molecule has 3 fully saturated rings. The Hall–Kier alpha value is -2.45. The number of amides is 3. The summed E-state index contributed by atoms with van der Waals surface area (Å²) in [4.78, 5) is 39.6. The highest BCUT2D eigenvalue weighted by atomic mass is 16.5. The maximum absolute atomic E-state index is 12.9. The molecule has 4 atom stereocenters. The van der Waals surface area contributed by atoms with Gasteiger partial charge >= 0.3 is 0 Å². The molecule has 1 aromatic carbocycles. The molecule has 0 spiro atoms. The van der Waals surface area contributed by atoms with Gasteiger partial charge in [-0.3, -0.25) is 19.3 Å². The molecule has 154 valence electrons. The van der Waals surface area contributed by atoms with Crippen LogP contribution in [0.4, 0.5) is 0 Å². The number of aliphatic hydroxyl groups excluding tert-OH is 1. The Morgan fingerprint density at radius 2 is 2.00 bits per heavy atom. The number of carbonyl (C=O) groups is 3. The number of nitrogens with one attached hydrogen (secondary N) is 1. The molecule has 3 heterocycles. The van der Waals surface area contributed by atoms with E-state index in [4.69, 9.17) is 4.74 Å². The molecule has 8 heteroatoms. The van der Waals surface area contributed by atoms with E-state index in [-0.39, 0.29) is 24.9 Å². The fraction of sp³-hybridized carbons (Fsp3) is 0.571. The predicted molar refractivity (Wildman–Crippen MR) is 102 cm³/mol. The van der Waals surface area contributed by atoms with Crippen LogP contribution < -0.4 is 10.1 Å². The Labute approximate surface area is 168 Å². The van der Waals surface area contributed by atoms with Crippen molar-refractivity contribution in [2.45, 2.75) is 56.8 Å². The number of imide groups is 1. The zero-order valence-electron chi connectivity index (χ0n) is 16.2. The summed E-state index contributed by atoms with van der Waals surface area (Å²) in [6.07, 6.45) is 4.01. The van der Waals surface area contributed by atoms with E-state index >= 15 is 0 Å². The van der Waals surface area contributed by atoms with Gasteiger partial charge in [0.05, 0.1) is 0 Å². The molecule has 3 aliphatic heterocycles. The van der Waals surface area contributed by atoms with Gasteiger partial charge in [-0.15, -0.1) is 0 Å². The summed E-state index contributed by atoms with van der Waals surface area (Å²) < 4.78 is 6.25. The summed E-state index contributed by atoms with van der Waals surface area (Å²) in [5.74, 6) is 0.325. The molecule has 4 aliphatic rings. The fourth-order valence-electron chi connectivity index (χ4n) is 5.31. The number of benzene rings is 1. The van der Waals surface area contributed by atoms with Gasteiger partial charge < -0.3 is 20.1 Å². The zero-order valence-corrected chi connectivity index (χ0v) is 16.2. The van der Waals surface area contributed by atoms with Crippen molar-refractivity contribution in [3.63, 3.8) is 0 Å². The van der Waals surface area contributed by atoms with Gasteiger partial charge in [0.25, 0.3) is 11.8 Å². The monoisotopic (exact) mass is 399 g/mol. The third-order valence-electron chi connectivity index (χ3n) is 6.82. The summed E-state index contributed by atoms with van der Waals surface area (Å²) in [5.41, 5.74) is 1.41. The Kier molecular flexibility index (Phi) is 4.55. The first-order valence-electron chi connectivity index (χ1n) is 10.4. The second kappa shape index (κ2) is 7.11. The SMILES string of the molecule is O=C1CCC(N2Cc3cc(O[C@H]4CC[C@@H]5CCN[C@@H]54)ccc3C2=O)C(=O)N1CO. The largest absolute Gasteiger partial charge is 0.489 e. The maximum atomic E-state index is 12.9. The molecule has 0 radical (unpaired) electrons. The van der Waals surface area contributed by atoms with Crippen LogP contribution in [-0.4, -0.2) is 64.1 Å². The number of fused-ring (bicyclic) bond motifs is 2. The Morgan fingerprint density at radius 3 is 2.83 bits per heavy atom. The average molecular weight is 399 g/mol. The molecule has 29 heavy (non-hydrogen) atoms. The lowest BCUT2D eigenvalue weighted by Gasteiger charge is -2.34. The number of likely N-dealkylation sites (tertiary alicyclic amines) is 1. The van der Waals surface area contributed by atoms with E-state index in [1.807, 2.05) is 12.1 Å². The highest BCUT2D eigenvalue weighted by molar-refractivity contribution is 6.05. The molecule has 0 aromatic heterocycles. The van der Waals surface area contributed by atoms with Crippen LogP contribution in [0.5, 0.6) is 5.75 Å². The first-order chi connectivity index (χ1) is 14.1. The van der Waals surface area contributed by atoms with Gasteiger partial charge in [-0.05, 0) is 61.9 Å². The van der Waals surface area contributed by atoms with Crippen LogP contribution in [0.2, 0.25) is 0 Å². The highest BCUT2D eigenvalue weighted by Gasteiger charge is 2.43. The van der Waals surface area contributed by atoms with Crippen molar-refractivity contribution >= 4 is 17.7 Å². The molecule has 0 bridgehead atoms. The van der Waals surface area contributed by atoms with Crippen LogP contribution in [0.3, 0.4) is 0 Å². The zero-order chi connectivity index (χ0) is 20.1. The minimum absolute atomic E-state index is 0.142. The quantitative estimate of drug-likeness (QED) is 0.721. The smallest absolute Gasteiger partial charge is 0.255 e. The number of carbonyl (C=O) groups excluding carboxylic acids is 3. The first-order valence-corrected chi connectivity index (χ1v) is 10.4. The highest BCUT2D eigenvalue weighted by Crippen LogP contribution is 2.36. The molecule has 2 saturated heterocycles. The third-order valence-corrected chi connectivity index (χ3v) is 6.82. The Balaban J connectivity index is 1.32. The summed E-state index contributed by atoms with van der Waals surface area (Å²) >= 11 is 0. The fourth-order valence-corrected chi connectivity index (χ4v) is 5.31. The van der Waals surface area contributed by atoms with E-state index in [1.54, 1.807) is 6.07 Å². The molecule has 1 aromatic rings. The molecule has 1 saturated carbocycles. The van der Waals surface area contributed by atoms with Crippen molar-refractivity contribution in [1.82, 2.24) is 15.1 Å². The van der Waals surface area contributed by atoms with Crippen molar-refractivity contribution in [1.29, 1.82) is 0 Å². The standard InChI is InChI=1S/C21H25N3O5/c25-11-24-18(26)6-4-16(21(24)28)23-10-13-9-14(2-3-15(13)20(23)27)29-17-5-1-12-7-8-22-19(12)17/h2-3,9,12,16-17,19,22,25H,1,4-8,10-11H2/t12-,16?,17+,19+/m1/s1. The molecule has 1 aliphatic carbocycles. The van der Waals surface area contributed by atoms with Gasteiger partial charge in [-0.25, -0.2) is 0 Å². The van der Waals surface area contributed by atoms with Crippen molar-refractivity contribution in [2.75, 3.05) is 13.3 Å². The van der Waals surface area contributed by atoms with E-state index in [1.165, 1.54) is 17.7 Å². The second-order valence-electron chi connectivity index (χ2n) is 8.37.